The molecular weight excluding hydrogens is 470 g/mol. The van der Waals surface area contributed by atoms with Gasteiger partial charge in [-0.25, -0.2) is 0 Å². The van der Waals surface area contributed by atoms with Gasteiger partial charge in [0.1, 0.15) is 18.0 Å². The summed E-state index contributed by atoms with van der Waals surface area (Å²) in [5, 5.41) is 27.8. The molecule has 4 atom stereocenters. The molecule has 0 bridgehead atoms. The maximum absolute atomic E-state index is 13.4. The molecule has 3 heterocycles. The summed E-state index contributed by atoms with van der Waals surface area (Å²) in [5.74, 6) is -0.0747. The Morgan fingerprint density at radius 3 is 2.89 bits per heavy atom. The van der Waals surface area contributed by atoms with Crippen molar-refractivity contribution in [2.45, 2.75) is 56.8 Å². The van der Waals surface area contributed by atoms with E-state index in [4.69, 9.17) is 16.3 Å². The second-order valence-corrected chi connectivity index (χ2v) is 10.5. The number of ether oxygens (including phenoxy) is 1. The van der Waals surface area contributed by atoms with E-state index in [1.807, 2.05) is 11.0 Å². The third-order valence-electron chi connectivity index (χ3n) is 7.95. The average molecular weight is 500 g/mol. The van der Waals surface area contributed by atoms with Crippen LogP contribution in [0.15, 0.2) is 18.2 Å². The highest BCUT2D eigenvalue weighted by molar-refractivity contribution is 6.37. The maximum atomic E-state index is 13.4. The molecule has 2 unspecified atom stereocenters. The maximum Gasteiger partial charge on any atom is 0.238 e. The number of aromatic amines is 1. The third kappa shape index (κ3) is 4.35. The van der Waals surface area contributed by atoms with Crippen molar-refractivity contribution in [2.75, 3.05) is 20.2 Å². The Morgan fingerprint density at radius 1 is 1.46 bits per heavy atom. The smallest absolute Gasteiger partial charge is 0.238 e. The fourth-order valence-electron chi connectivity index (χ4n) is 5.84. The first-order valence-corrected chi connectivity index (χ1v) is 12.5. The van der Waals surface area contributed by atoms with Crippen LogP contribution in [0, 0.1) is 22.7 Å². The van der Waals surface area contributed by atoms with Crippen molar-refractivity contribution >= 4 is 34.3 Å². The van der Waals surface area contributed by atoms with Gasteiger partial charge in [0.05, 0.1) is 29.9 Å². The number of nitrogens with zero attached hydrogens (tertiary/aromatic N) is 2. The third-order valence-corrected chi connectivity index (χ3v) is 8.34. The highest BCUT2D eigenvalue weighted by Gasteiger charge is 2.52. The molecule has 5 rings (SSSR count). The number of methoxy groups -OCH3 is 1. The second-order valence-electron chi connectivity index (χ2n) is 10.1. The number of aliphatic hydroxyl groups is 1. The number of amides is 2. The van der Waals surface area contributed by atoms with Gasteiger partial charge in [0.15, 0.2) is 0 Å². The Bertz CT molecular complexity index is 1190. The monoisotopic (exact) mass is 499 g/mol. The second kappa shape index (κ2) is 9.34. The van der Waals surface area contributed by atoms with Crippen molar-refractivity contribution in [2.24, 2.45) is 11.3 Å². The lowest BCUT2D eigenvalue weighted by molar-refractivity contribution is -0.130. The number of hydrogen-bond acceptors (Lipinski definition) is 6. The molecule has 1 aromatic carbocycles. The van der Waals surface area contributed by atoms with E-state index < -0.39 is 18.3 Å². The summed E-state index contributed by atoms with van der Waals surface area (Å²) in [6, 6.07) is 6.21. The summed E-state index contributed by atoms with van der Waals surface area (Å²) in [6.07, 6.45) is 3.68. The van der Waals surface area contributed by atoms with Gasteiger partial charge >= 0.3 is 0 Å². The van der Waals surface area contributed by atoms with Crippen molar-refractivity contribution < 1.29 is 19.4 Å². The largest absolute Gasteiger partial charge is 0.495 e. The van der Waals surface area contributed by atoms with Crippen molar-refractivity contribution in [3.8, 4) is 11.8 Å². The van der Waals surface area contributed by atoms with E-state index in [0.29, 0.717) is 42.4 Å². The molecule has 1 aromatic heterocycles. The molecule has 186 valence electrons. The highest BCUT2D eigenvalue weighted by atomic mass is 35.5. The van der Waals surface area contributed by atoms with Crippen LogP contribution in [0.2, 0.25) is 5.02 Å². The van der Waals surface area contributed by atoms with E-state index in [0.717, 1.165) is 30.2 Å². The zero-order chi connectivity index (χ0) is 24.7. The van der Waals surface area contributed by atoms with E-state index in [1.165, 1.54) is 0 Å². The van der Waals surface area contributed by atoms with Crippen LogP contribution in [0.25, 0.3) is 10.9 Å². The first kappa shape index (κ1) is 23.9. The average Bonchev–Trinajstić information content (AvgIpc) is 3.55. The van der Waals surface area contributed by atoms with Gasteiger partial charge in [-0.3, -0.25) is 14.5 Å². The molecule has 3 aliphatic rings. The minimum absolute atomic E-state index is 0.00332. The van der Waals surface area contributed by atoms with E-state index in [1.54, 1.807) is 19.2 Å². The minimum Gasteiger partial charge on any atom is -0.495 e. The quantitative estimate of drug-likeness (QED) is 0.463. The number of aliphatic hydroxyl groups excluding tert-OH is 1. The molecule has 4 N–H and O–H groups in total. The molecule has 35 heavy (non-hydrogen) atoms. The van der Waals surface area contributed by atoms with Gasteiger partial charge in [-0.05, 0) is 55.7 Å². The topological polar surface area (TPSA) is 130 Å². The van der Waals surface area contributed by atoms with E-state index in [2.05, 4.69) is 21.7 Å². The summed E-state index contributed by atoms with van der Waals surface area (Å²) in [7, 11) is 1.55. The Morgan fingerprint density at radius 2 is 2.26 bits per heavy atom. The number of benzene rings is 1. The Hall–Kier alpha value is -2.80. The number of rotatable bonds is 7. The molecule has 10 heteroatoms. The van der Waals surface area contributed by atoms with Gasteiger partial charge in [-0.1, -0.05) is 18.0 Å². The molecule has 1 saturated carbocycles. The summed E-state index contributed by atoms with van der Waals surface area (Å²) < 4.78 is 5.30. The van der Waals surface area contributed by atoms with Gasteiger partial charge in [0, 0.05) is 29.9 Å². The lowest BCUT2D eigenvalue weighted by Gasteiger charge is -2.38. The van der Waals surface area contributed by atoms with E-state index in [-0.39, 0.29) is 29.6 Å². The highest BCUT2D eigenvalue weighted by Crippen LogP contribution is 2.52. The lowest BCUT2D eigenvalue weighted by atomic mass is 9.67. The zero-order valence-corrected chi connectivity index (χ0v) is 20.4. The summed E-state index contributed by atoms with van der Waals surface area (Å²) in [6.45, 7) is 1.20. The first-order valence-electron chi connectivity index (χ1n) is 12.1. The number of nitriles is 1. The standard InChI is InChI=1S/C25H30ClN5O4/c1-35-20-4-3-17-16(21(20)26)10-18(30-17)24(34)31-13-25(6-2-7-25)11-19(31)23(33)29-15(12-27)9-14-5-8-28-22(14)32/h3-4,10,14-15,19,24,30,34H,2,5-9,11,13H2,1H3,(H,28,32)(H,29,33)/t14-,15-,19?,24?/m0/s1. The molecule has 2 aromatic rings. The van der Waals surface area contributed by atoms with Crippen molar-refractivity contribution in [3.05, 3.63) is 28.9 Å². The van der Waals surface area contributed by atoms with Crippen LogP contribution >= 0.6 is 11.6 Å². The molecule has 2 amide bonds. The van der Waals surface area contributed by atoms with Crippen LogP contribution in [0.1, 0.15) is 50.4 Å². The van der Waals surface area contributed by atoms with Crippen LogP contribution < -0.4 is 15.4 Å². The van der Waals surface area contributed by atoms with Gasteiger partial charge in [-0.2, -0.15) is 5.26 Å². The number of fused-ring (bicyclic) bond motifs is 1. The van der Waals surface area contributed by atoms with Crippen LogP contribution in [0.5, 0.6) is 5.75 Å². The molecule has 1 spiro atoms. The zero-order valence-electron chi connectivity index (χ0n) is 19.6. The number of halogens is 1. The minimum atomic E-state index is -1.04. The lowest BCUT2D eigenvalue weighted by Crippen LogP contribution is -2.48. The van der Waals surface area contributed by atoms with Crippen molar-refractivity contribution in [1.29, 1.82) is 5.26 Å². The number of hydrogen-bond donors (Lipinski definition) is 4. The predicted octanol–water partition coefficient (Wildman–Crippen LogP) is 2.60. The fourth-order valence-corrected chi connectivity index (χ4v) is 6.14. The van der Waals surface area contributed by atoms with Crippen molar-refractivity contribution in [3.63, 3.8) is 0 Å². The molecule has 9 nitrogen and oxygen atoms in total. The molecule has 2 saturated heterocycles. The number of likely N-dealkylation sites (tertiary alicyclic amines) is 1. The summed E-state index contributed by atoms with van der Waals surface area (Å²) >= 11 is 6.47. The molecule has 1 aliphatic carbocycles. The fraction of sp³-hybridized carbons (Fsp3) is 0.560. The Balaban J connectivity index is 1.36. The van der Waals surface area contributed by atoms with Crippen molar-refractivity contribution in [1.82, 2.24) is 20.5 Å². The van der Waals surface area contributed by atoms with Gasteiger partial charge in [0.25, 0.3) is 0 Å². The van der Waals surface area contributed by atoms with Crippen LogP contribution in [0.4, 0.5) is 0 Å². The van der Waals surface area contributed by atoms with Gasteiger partial charge in [-0.15, -0.1) is 0 Å². The number of aromatic nitrogens is 1. The van der Waals surface area contributed by atoms with Crippen LogP contribution in [-0.4, -0.2) is 59.1 Å². The Labute approximate surface area is 208 Å². The molecular formula is C25H30ClN5O4. The van der Waals surface area contributed by atoms with Crippen LogP contribution in [-0.2, 0) is 9.59 Å². The molecule has 0 radical (unpaired) electrons. The number of carbonyl (C=O) groups is 2. The molecule has 2 aliphatic heterocycles. The SMILES string of the molecule is COc1ccc2[nH]c(C(O)N3CC4(CCC4)CC3C(=O)N[C@H](C#N)C[C@@H]3CCNC3=O)cc2c1Cl. The van der Waals surface area contributed by atoms with E-state index in [9.17, 15) is 20.0 Å². The molecule has 3 fully saturated rings. The first-order chi connectivity index (χ1) is 16.8. The number of H-pyrrole nitrogens is 1. The Kier molecular flexibility index (Phi) is 6.38. The normalized spacial score (nSPS) is 25.1. The predicted molar refractivity (Wildman–Crippen MR) is 129 cm³/mol. The van der Waals surface area contributed by atoms with Gasteiger partial charge < -0.3 is 25.5 Å². The number of carbonyl (C=O) groups excluding carboxylic acids is 2. The number of nitrogens with one attached hydrogen (secondary N) is 3. The summed E-state index contributed by atoms with van der Waals surface area (Å²) in [5.41, 5.74) is 1.31. The summed E-state index contributed by atoms with van der Waals surface area (Å²) in [4.78, 5) is 30.4. The van der Waals surface area contributed by atoms with Gasteiger partial charge in [0.2, 0.25) is 11.8 Å². The van der Waals surface area contributed by atoms with E-state index >= 15 is 0 Å². The van der Waals surface area contributed by atoms with Crippen LogP contribution in [0.3, 0.4) is 0 Å².